The Morgan fingerprint density at radius 2 is 2.10 bits per heavy atom. The predicted octanol–water partition coefficient (Wildman–Crippen LogP) is 1.89. The van der Waals surface area contributed by atoms with Crippen LogP contribution in [0.2, 0.25) is 0 Å². The zero-order valence-corrected chi connectivity index (χ0v) is 13.5. The lowest BCUT2D eigenvalue weighted by atomic mass is 9.80. The quantitative estimate of drug-likeness (QED) is 0.725. The molecule has 118 valence electrons. The van der Waals surface area contributed by atoms with Crippen molar-refractivity contribution in [1.29, 1.82) is 0 Å². The Morgan fingerprint density at radius 1 is 1.40 bits per heavy atom. The Balaban J connectivity index is 2.50. The van der Waals surface area contributed by atoms with E-state index in [1.54, 1.807) is 7.11 Å². The molecule has 0 radical (unpaired) electrons. The Kier molecular flexibility index (Phi) is 6.43. The van der Waals surface area contributed by atoms with Crippen molar-refractivity contribution < 1.29 is 19.0 Å². The summed E-state index contributed by atoms with van der Waals surface area (Å²) in [5.74, 6) is -0.189. The second kappa shape index (κ2) is 7.38. The molecule has 0 aromatic rings. The van der Waals surface area contributed by atoms with E-state index in [9.17, 15) is 4.79 Å². The molecule has 1 fully saturated rings. The topological polar surface area (TPSA) is 56.8 Å². The molecule has 1 rings (SSSR count). The lowest BCUT2D eigenvalue weighted by Gasteiger charge is -2.38. The molecule has 5 heteroatoms. The van der Waals surface area contributed by atoms with Gasteiger partial charge in [0.15, 0.2) is 0 Å². The summed E-state index contributed by atoms with van der Waals surface area (Å²) in [7, 11) is 4.96. The van der Waals surface area contributed by atoms with Gasteiger partial charge in [0.05, 0.1) is 18.8 Å². The third-order valence-corrected chi connectivity index (χ3v) is 4.37. The highest BCUT2D eigenvalue weighted by Gasteiger charge is 2.43. The van der Waals surface area contributed by atoms with Gasteiger partial charge in [-0.25, -0.2) is 0 Å². The van der Waals surface area contributed by atoms with Crippen molar-refractivity contribution in [3.05, 3.63) is 0 Å². The second-order valence-corrected chi connectivity index (χ2v) is 6.13. The van der Waals surface area contributed by atoms with E-state index < -0.39 is 5.54 Å². The lowest BCUT2D eigenvalue weighted by molar-refractivity contribution is -0.153. The van der Waals surface area contributed by atoms with Crippen molar-refractivity contribution in [2.75, 3.05) is 27.9 Å². The molecule has 0 spiro atoms. The summed E-state index contributed by atoms with van der Waals surface area (Å²) in [6.07, 6.45) is 4.37. The highest BCUT2D eigenvalue weighted by Crippen LogP contribution is 2.31. The minimum Gasteiger partial charge on any atom is -0.468 e. The van der Waals surface area contributed by atoms with E-state index in [1.165, 1.54) is 7.11 Å². The van der Waals surface area contributed by atoms with Crippen LogP contribution in [0.3, 0.4) is 0 Å². The molecule has 1 aliphatic rings. The average Bonchev–Trinajstić information content (AvgIpc) is 2.46. The van der Waals surface area contributed by atoms with Gasteiger partial charge in [-0.3, -0.25) is 4.79 Å². The predicted molar refractivity (Wildman–Crippen MR) is 77.7 cm³/mol. The van der Waals surface area contributed by atoms with Crippen LogP contribution in [0.5, 0.6) is 0 Å². The van der Waals surface area contributed by atoms with E-state index in [1.807, 2.05) is 20.9 Å². The van der Waals surface area contributed by atoms with Crippen LogP contribution in [0.4, 0.5) is 0 Å². The van der Waals surface area contributed by atoms with E-state index >= 15 is 0 Å². The fraction of sp³-hybridized carbons (Fsp3) is 0.933. The van der Waals surface area contributed by atoms with Gasteiger partial charge < -0.3 is 19.5 Å². The second-order valence-electron chi connectivity index (χ2n) is 6.13. The molecule has 2 atom stereocenters. The number of methoxy groups -OCH3 is 2. The van der Waals surface area contributed by atoms with Crippen LogP contribution < -0.4 is 5.32 Å². The molecule has 0 heterocycles. The maximum Gasteiger partial charge on any atom is 0.326 e. The molecule has 5 nitrogen and oxygen atoms in total. The van der Waals surface area contributed by atoms with E-state index in [0.29, 0.717) is 13.0 Å². The summed E-state index contributed by atoms with van der Waals surface area (Å²) in [6, 6.07) is 0. The summed E-state index contributed by atoms with van der Waals surface area (Å²) in [5, 5.41) is 3.14. The van der Waals surface area contributed by atoms with E-state index in [-0.39, 0.29) is 17.7 Å². The zero-order chi connectivity index (χ0) is 15.2. The molecule has 1 saturated carbocycles. The van der Waals surface area contributed by atoms with Gasteiger partial charge in [0.25, 0.3) is 0 Å². The molecular formula is C15H29NO4. The summed E-state index contributed by atoms with van der Waals surface area (Å²) in [5.41, 5.74) is -0.758. The number of esters is 1. The number of likely N-dealkylation sites (N-methyl/N-ethyl adjacent to an activating group) is 1. The molecule has 1 N–H and O–H groups in total. The number of ether oxygens (including phenoxy) is 3. The highest BCUT2D eigenvalue weighted by molar-refractivity contribution is 5.80. The van der Waals surface area contributed by atoms with Gasteiger partial charge in [-0.05, 0) is 46.6 Å². The fourth-order valence-electron chi connectivity index (χ4n) is 2.65. The minimum absolute atomic E-state index is 0.1000. The first-order valence-corrected chi connectivity index (χ1v) is 7.33. The van der Waals surface area contributed by atoms with Crippen LogP contribution in [0.1, 0.15) is 46.0 Å². The fourth-order valence-corrected chi connectivity index (χ4v) is 2.65. The van der Waals surface area contributed by atoms with Gasteiger partial charge in [-0.1, -0.05) is 0 Å². The molecule has 20 heavy (non-hydrogen) atoms. The molecule has 0 aliphatic heterocycles. The van der Waals surface area contributed by atoms with Gasteiger partial charge >= 0.3 is 5.97 Å². The van der Waals surface area contributed by atoms with Gasteiger partial charge in [0, 0.05) is 20.1 Å². The normalized spacial score (nSPS) is 27.4. The summed E-state index contributed by atoms with van der Waals surface area (Å²) in [4.78, 5) is 12.0. The molecule has 0 aromatic carbocycles. The minimum atomic E-state index is -0.589. The summed E-state index contributed by atoms with van der Waals surface area (Å²) < 4.78 is 16.3. The molecule has 0 saturated heterocycles. The van der Waals surface area contributed by atoms with Crippen molar-refractivity contribution in [3.8, 4) is 0 Å². The van der Waals surface area contributed by atoms with Crippen molar-refractivity contribution >= 4 is 5.97 Å². The highest BCUT2D eigenvalue weighted by atomic mass is 16.5. The van der Waals surface area contributed by atoms with Crippen LogP contribution in [0, 0.1) is 0 Å². The first-order valence-electron chi connectivity index (χ1n) is 7.33. The Morgan fingerprint density at radius 3 is 2.65 bits per heavy atom. The molecule has 1 aliphatic carbocycles. The van der Waals surface area contributed by atoms with E-state index in [0.717, 1.165) is 25.7 Å². The van der Waals surface area contributed by atoms with Gasteiger partial charge in [0.2, 0.25) is 0 Å². The first-order chi connectivity index (χ1) is 9.39. The smallest absolute Gasteiger partial charge is 0.326 e. The zero-order valence-electron chi connectivity index (χ0n) is 13.5. The average molecular weight is 287 g/mol. The molecular weight excluding hydrogens is 258 g/mol. The Hall–Kier alpha value is -0.650. The van der Waals surface area contributed by atoms with Crippen LogP contribution in [-0.2, 0) is 19.0 Å². The molecule has 0 bridgehead atoms. The first kappa shape index (κ1) is 17.4. The molecule has 0 amide bonds. The van der Waals surface area contributed by atoms with Crippen molar-refractivity contribution in [3.63, 3.8) is 0 Å². The monoisotopic (exact) mass is 287 g/mol. The Bertz CT molecular complexity index is 319. The lowest BCUT2D eigenvalue weighted by Crippen LogP contribution is -2.55. The van der Waals surface area contributed by atoms with Gasteiger partial charge in [0.1, 0.15) is 5.54 Å². The SMILES string of the molecule is CNC1(C(=O)OC)CCCC(OCCC(C)(C)OC)C1. The van der Waals surface area contributed by atoms with Crippen LogP contribution >= 0.6 is 0 Å². The van der Waals surface area contributed by atoms with Gasteiger partial charge in [-0.15, -0.1) is 0 Å². The number of rotatable bonds is 7. The summed E-state index contributed by atoms with van der Waals surface area (Å²) in [6.45, 7) is 4.74. The largest absolute Gasteiger partial charge is 0.468 e. The van der Waals surface area contributed by atoms with Crippen LogP contribution in [0.25, 0.3) is 0 Å². The number of hydrogen-bond donors (Lipinski definition) is 1. The van der Waals surface area contributed by atoms with Gasteiger partial charge in [-0.2, -0.15) is 0 Å². The number of hydrogen-bond acceptors (Lipinski definition) is 5. The summed E-state index contributed by atoms with van der Waals surface area (Å²) >= 11 is 0. The third kappa shape index (κ3) is 4.43. The van der Waals surface area contributed by atoms with Crippen molar-refractivity contribution in [2.24, 2.45) is 0 Å². The Labute approximate surface area is 122 Å². The van der Waals surface area contributed by atoms with E-state index in [2.05, 4.69) is 5.32 Å². The van der Waals surface area contributed by atoms with Crippen LogP contribution in [0.15, 0.2) is 0 Å². The maximum atomic E-state index is 12.0. The van der Waals surface area contributed by atoms with E-state index in [4.69, 9.17) is 14.2 Å². The third-order valence-electron chi connectivity index (χ3n) is 4.37. The number of carbonyl (C=O) groups excluding carboxylic acids is 1. The number of nitrogens with one attached hydrogen (secondary N) is 1. The van der Waals surface area contributed by atoms with Crippen molar-refractivity contribution in [2.45, 2.75) is 63.2 Å². The standard InChI is InChI=1S/C15H29NO4/c1-14(2,19-5)9-10-20-12-7-6-8-15(11-12,16-3)13(17)18-4/h12,16H,6-11H2,1-5H3. The van der Waals surface area contributed by atoms with Crippen molar-refractivity contribution in [1.82, 2.24) is 5.32 Å². The maximum absolute atomic E-state index is 12.0. The molecule has 0 aromatic heterocycles. The molecule has 2 unspecified atom stereocenters. The van der Waals surface area contributed by atoms with Crippen LogP contribution in [-0.4, -0.2) is 51.1 Å². The number of carbonyl (C=O) groups is 1.